The Morgan fingerprint density at radius 2 is 2.11 bits per heavy atom. The summed E-state index contributed by atoms with van der Waals surface area (Å²) in [6.07, 6.45) is 3.77. The number of anilines is 1. The molecule has 1 heterocycles. The van der Waals surface area contributed by atoms with Crippen molar-refractivity contribution in [2.45, 2.75) is 24.7 Å². The molecular weight excluding hydrogens is 256 g/mol. The summed E-state index contributed by atoms with van der Waals surface area (Å²) in [5.41, 5.74) is 1.77. The number of Topliss-reactive ketones (excluding diaryl/α,β-unsaturated/α-hetero) is 1. The van der Waals surface area contributed by atoms with Gasteiger partial charge in [0.1, 0.15) is 11.9 Å². The van der Waals surface area contributed by atoms with Gasteiger partial charge in [-0.05, 0) is 38.2 Å². The van der Waals surface area contributed by atoms with E-state index in [-0.39, 0.29) is 11.7 Å². The number of hydrogen-bond acceptors (Lipinski definition) is 4. The van der Waals surface area contributed by atoms with Crippen LogP contribution in [-0.2, 0) is 4.79 Å². The van der Waals surface area contributed by atoms with Gasteiger partial charge in [0, 0.05) is 23.9 Å². The van der Waals surface area contributed by atoms with Crippen molar-refractivity contribution in [1.29, 1.82) is 5.26 Å². The molecule has 2 rings (SSSR count). The monoisotopic (exact) mass is 274 g/mol. The van der Waals surface area contributed by atoms with Crippen LogP contribution < -0.4 is 4.90 Å². The number of carbonyl (C=O) groups is 1. The van der Waals surface area contributed by atoms with Gasteiger partial charge in [0.15, 0.2) is 0 Å². The van der Waals surface area contributed by atoms with E-state index in [1.54, 1.807) is 18.7 Å². The summed E-state index contributed by atoms with van der Waals surface area (Å²) in [6, 6.07) is 8.30. The maximum atomic E-state index is 11.4. The molecule has 0 N–H and O–H groups in total. The Morgan fingerprint density at radius 3 is 2.63 bits per heavy atom. The minimum Gasteiger partial charge on any atom is -0.370 e. The lowest BCUT2D eigenvalue weighted by Gasteiger charge is -2.33. The molecule has 1 fully saturated rings. The largest absolute Gasteiger partial charge is 0.370 e. The van der Waals surface area contributed by atoms with Crippen molar-refractivity contribution in [2.75, 3.05) is 24.2 Å². The lowest BCUT2D eigenvalue weighted by atomic mass is 9.93. The molecule has 0 amide bonds. The molecule has 1 aromatic rings. The van der Waals surface area contributed by atoms with Crippen molar-refractivity contribution in [2.24, 2.45) is 5.92 Å². The van der Waals surface area contributed by atoms with Crippen LogP contribution in [0.25, 0.3) is 0 Å². The van der Waals surface area contributed by atoms with Crippen LogP contribution in [-0.4, -0.2) is 25.1 Å². The first-order valence-corrected chi connectivity index (χ1v) is 7.72. The van der Waals surface area contributed by atoms with Crippen molar-refractivity contribution < 1.29 is 4.79 Å². The van der Waals surface area contributed by atoms with Gasteiger partial charge < -0.3 is 4.90 Å². The van der Waals surface area contributed by atoms with E-state index < -0.39 is 0 Å². The van der Waals surface area contributed by atoms with Gasteiger partial charge in [-0.3, -0.25) is 4.79 Å². The first kappa shape index (κ1) is 14.0. The number of thioether (sulfide) groups is 1. The third-order valence-electron chi connectivity index (χ3n) is 3.75. The third-order valence-corrected chi connectivity index (χ3v) is 4.53. The SMILES string of the molecule is CSc1cccc(N2CCC(C(C)=O)CC2)c1C#N. The standard InChI is InChI=1S/C15H18N2OS/c1-11(18)12-6-8-17(9-7-12)14-4-3-5-15(19-2)13(14)10-16/h3-5,12H,6-9H2,1-2H3. The highest BCUT2D eigenvalue weighted by Gasteiger charge is 2.24. The van der Waals surface area contributed by atoms with Crippen molar-refractivity contribution in [3.63, 3.8) is 0 Å². The maximum Gasteiger partial charge on any atom is 0.133 e. The highest BCUT2D eigenvalue weighted by Crippen LogP contribution is 2.31. The molecule has 19 heavy (non-hydrogen) atoms. The van der Waals surface area contributed by atoms with E-state index >= 15 is 0 Å². The normalized spacial score (nSPS) is 16.2. The summed E-state index contributed by atoms with van der Waals surface area (Å²) in [6.45, 7) is 3.39. The number of rotatable bonds is 3. The van der Waals surface area contributed by atoms with Crippen LogP contribution in [0.5, 0.6) is 0 Å². The van der Waals surface area contributed by atoms with E-state index in [9.17, 15) is 10.1 Å². The maximum absolute atomic E-state index is 11.4. The fourth-order valence-electron chi connectivity index (χ4n) is 2.59. The summed E-state index contributed by atoms with van der Waals surface area (Å²) >= 11 is 1.60. The first-order valence-electron chi connectivity index (χ1n) is 6.50. The van der Waals surface area contributed by atoms with Crippen molar-refractivity contribution in [3.05, 3.63) is 23.8 Å². The second-order valence-electron chi connectivity index (χ2n) is 4.84. The van der Waals surface area contributed by atoms with Crippen LogP contribution >= 0.6 is 11.8 Å². The molecule has 100 valence electrons. The van der Waals surface area contributed by atoms with E-state index in [4.69, 9.17) is 0 Å². The van der Waals surface area contributed by atoms with E-state index in [2.05, 4.69) is 11.0 Å². The van der Waals surface area contributed by atoms with Crippen molar-refractivity contribution >= 4 is 23.2 Å². The number of nitriles is 1. The molecule has 4 heteroatoms. The molecule has 0 saturated carbocycles. The third kappa shape index (κ3) is 2.93. The van der Waals surface area contributed by atoms with Crippen LogP contribution in [0.2, 0.25) is 0 Å². The van der Waals surface area contributed by atoms with Crippen LogP contribution in [0.1, 0.15) is 25.3 Å². The first-order chi connectivity index (χ1) is 9.17. The van der Waals surface area contributed by atoms with Gasteiger partial charge in [-0.2, -0.15) is 5.26 Å². The Labute approximate surface area is 118 Å². The van der Waals surface area contributed by atoms with E-state index in [1.165, 1.54) is 0 Å². The molecule has 1 aliphatic rings. The molecule has 1 saturated heterocycles. The summed E-state index contributed by atoms with van der Waals surface area (Å²) in [5.74, 6) is 0.489. The average Bonchev–Trinajstić information content (AvgIpc) is 2.46. The Kier molecular flexibility index (Phi) is 4.49. The predicted molar refractivity (Wildman–Crippen MR) is 78.6 cm³/mol. The molecule has 0 bridgehead atoms. The lowest BCUT2D eigenvalue weighted by Crippen LogP contribution is -2.36. The zero-order valence-electron chi connectivity index (χ0n) is 11.3. The molecule has 1 aliphatic heterocycles. The second kappa shape index (κ2) is 6.12. The van der Waals surface area contributed by atoms with E-state index in [1.807, 2.05) is 24.5 Å². The fraction of sp³-hybridized carbons (Fsp3) is 0.467. The van der Waals surface area contributed by atoms with Crippen molar-refractivity contribution in [1.82, 2.24) is 0 Å². The smallest absolute Gasteiger partial charge is 0.133 e. The quantitative estimate of drug-likeness (QED) is 0.795. The van der Waals surface area contributed by atoms with Gasteiger partial charge in [0.05, 0.1) is 11.3 Å². The number of benzene rings is 1. The molecule has 0 aliphatic carbocycles. The molecule has 0 radical (unpaired) electrons. The number of hydrogen-bond donors (Lipinski definition) is 0. The number of carbonyl (C=O) groups excluding carboxylic acids is 1. The molecule has 0 aromatic heterocycles. The minimum absolute atomic E-state index is 0.200. The minimum atomic E-state index is 0.200. The highest BCUT2D eigenvalue weighted by molar-refractivity contribution is 7.98. The summed E-state index contributed by atoms with van der Waals surface area (Å²) < 4.78 is 0. The van der Waals surface area contributed by atoms with Crippen LogP contribution in [0, 0.1) is 17.2 Å². The summed E-state index contributed by atoms with van der Waals surface area (Å²) in [7, 11) is 0. The Hall–Kier alpha value is -1.47. The van der Waals surface area contributed by atoms with Gasteiger partial charge in [-0.15, -0.1) is 11.8 Å². The van der Waals surface area contributed by atoms with Gasteiger partial charge in [0.2, 0.25) is 0 Å². The van der Waals surface area contributed by atoms with Gasteiger partial charge >= 0.3 is 0 Å². The number of piperidine rings is 1. The zero-order chi connectivity index (χ0) is 13.8. The van der Waals surface area contributed by atoms with Crippen LogP contribution in [0.4, 0.5) is 5.69 Å². The fourth-order valence-corrected chi connectivity index (χ4v) is 3.16. The van der Waals surface area contributed by atoms with E-state index in [0.29, 0.717) is 0 Å². The Balaban J connectivity index is 2.20. The predicted octanol–water partition coefficient (Wildman–Crippen LogP) is 3.09. The lowest BCUT2D eigenvalue weighted by molar-refractivity contribution is -0.121. The Bertz CT molecular complexity index is 513. The molecule has 0 atom stereocenters. The Morgan fingerprint density at radius 1 is 1.42 bits per heavy atom. The average molecular weight is 274 g/mol. The molecule has 0 spiro atoms. The van der Waals surface area contributed by atoms with Gasteiger partial charge in [0.25, 0.3) is 0 Å². The zero-order valence-corrected chi connectivity index (χ0v) is 12.2. The molecule has 0 unspecified atom stereocenters. The topological polar surface area (TPSA) is 44.1 Å². The van der Waals surface area contributed by atoms with Crippen LogP contribution in [0.3, 0.4) is 0 Å². The summed E-state index contributed by atoms with van der Waals surface area (Å²) in [4.78, 5) is 14.6. The number of nitrogens with zero attached hydrogens (tertiary/aromatic N) is 2. The van der Waals surface area contributed by atoms with Crippen LogP contribution in [0.15, 0.2) is 23.1 Å². The molecule has 3 nitrogen and oxygen atoms in total. The second-order valence-corrected chi connectivity index (χ2v) is 5.69. The molecular formula is C15H18N2OS. The van der Waals surface area contributed by atoms with Gasteiger partial charge in [-0.25, -0.2) is 0 Å². The summed E-state index contributed by atoms with van der Waals surface area (Å²) in [5, 5.41) is 9.36. The molecule has 1 aromatic carbocycles. The highest BCUT2D eigenvalue weighted by atomic mass is 32.2. The number of ketones is 1. The van der Waals surface area contributed by atoms with E-state index in [0.717, 1.165) is 42.1 Å². The van der Waals surface area contributed by atoms with Crippen molar-refractivity contribution in [3.8, 4) is 6.07 Å². The van der Waals surface area contributed by atoms with Gasteiger partial charge in [-0.1, -0.05) is 6.07 Å².